The van der Waals surface area contributed by atoms with E-state index in [1.807, 2.05) is 0 Å². The highest BCUT2D eigenvalue weighted by atomic mass is 16.5. The van der Waals surface area contributed by atoms with Crippen molar-refractivity contribution in [3.05, 3.63) is 35.1 Å². The summed E-state index contributed by atoms with van der Waals surface area (Å²) in [5.41, 5.74) is 0.744. The molecule has 0 saturated carbocycles. The molecule has 28 heavy (non-hydrogen) atoms. The van der Waals surface area contributed by atoms with Gasteiger partial charge >= 0.3 is 0 Å². The van der Waals surface area contributed by atoms with Crippen LogP contribution in [0.3, 0.4) is 0 Å². The first-order chi connectivity index (χ1) is 13.5. The maximum atomic E-state index is 12.8. The van der Waals surface area contributed by atoms with E-state index in [1.165, 1.54) is 18.9 Å². The molecule has 1 unspecified atom stereocenters. The molecule has 1 aromatic carbocycles. The number of aliphatic hydroxyl groups excluding tert-OH is 1. The fourth-order valence-corrected chi connectivity index (χ4v) is 3.80. The van der Waals surface area contributed by atoms with Crippen LogP contribution in [0.1, 0.15) is 18.5 Å². The Hall–Kier alpha value is -2.58. The molecule has 0 bridgehead atoms. The normalized spacial score (nSPS) is 20.6. The van der Waals surface area contributed by atoms with E-state index >= 15 is 0 Å². The molecular weight excluding hydrogens is 364 g/mol. The van der Waals surface area contributed by atoms with Gasteiger partial charge in [0.25, 0.3) is 5.91 Å². The van der Waals surface area contributed by atoms with Crippen LogP contribution in [0.15, 0.2) is 29.5 Å². The quantitative estimate of drug-likeness (QED) is 0.675. The molecule has 2 heterocycles. The number of benzene rings is 1. The predicted octanol–water partition coefficient (Wildman–Crippen LogP) is -0.0967. The summed E-state index contributed by atoms with van der Waals surface area (Å²) >= 11 is 0. The average molecular weight is 391 g/mol. The summed E-state index contributed by atoms with van der Waals surface area (Å²) in [6.07, 6.45) is 0. The lowest BCUT2D eigenvalue weighted by atomic mass is 9.95. The summed E-state index contributed by atoms with van der Waals surface area (Å²) in [5, 5.41) is 10.4. The number of hydrogen-bond acceptors (Lipinski definition) is 6. The third kappa shape index (κ3) is 3.83. The van der Waals surface area contributed by atoms with Gasteiger partial charge in [-0.25, -0.2) is 0 Å². The molecule has 1 atom stereocenters. The van der Waals surface area contributed by atoms with Crippen LogP contribution in [0.25, 0.3) is 0 Å². The number of amides is 1. The number of rotatable bonds is 7. The molecule has 1 saturated heterocycles. The zero-order valence-corrected chi connectivity index (χ0v) is 16.5. The molecule has 1 fully saturated rings. The van der Waals surface area contributed by atoms with Gasteiger partial charge in [0, 0.05) is 11.6 Å². The highest BCUT2D eigenvalue weighted by Gasteiger charge is 2.43. The molecule has 0 spiro atoms. The maximum absolute atomic E-state index is 12.8. The molecule has 8 heteroatoms. The van der Waals surface area contributed by atoms with E-state index in [-0.39, 0.29) is 11.4 Å². The molecule has 3 rings (SSSR count). The summed E-state index contributed by atoms with van der Waals surface area (Å²) in [7, 11) is 3.08. The molecule has 1 aromatic rings. The zero-order chi connectivity index (χ0) is 20.3. The van der Waals surface area contributed by atoms with E-state index in [0.717, 1.165) is 13.1 Å². The Kier molecular flexibility index (Phi) is 6.21. The van der Waals surface area contributed by atoms with E-state index in [4.69, 9.17) is 14.2 Å². The van der Waals surface area contributed by atoms with Gasteiger partial charge in [-0.3, -0.25) is 9.59 Å². The Morgan fingerprint density at radius 3 is 2.61 bits per heavy atom. The smallest absolute Gasteiger partial charge is 0.290 e. The molecule has 2 aliphatic heterocycles. The molecule has 0 aliphatic carbocycles. The van der Waals surface area contributed by atoms with E-state index < -0.39 is 17.7 Å². The molecule has 0 aromatic heterocycles. The number of morpholine rings is 1. The number of carbonyl (C=O) groups is 2. The number of quaternary nitrogens is 1. The predicted molar refractivity (Wildman–Crippen MR) is 101 cm³/mol. The van der Waals surface area contributed by atoms with Gasteiger partial charge in [0.15, 0.2) is 11.5 Å². The van der Waals surface area contributed by atoms with Crippen LogP contribution < -0.4 is 14.4 Å². The van der Waals surface area contributed by atoms with Crippen LogP contribution >= 0.6 is 0 Å². The molecule has 152 valence electrons. The first-order valence-corrected chi connectivity index (χ1v) is 9.36. The number of nitrogens with one attached hydrogen (secondary N) is 1. The Labute approximate surface area is 164 Å². The minimum Gasteiger partial charge on any atom is -0.503 e. The second kappa shape index (κ2) is 8.62. The van der Waals surface area contributed by atoms with Crippen LogP contribution in [0.2, 0.25) is 0 Å². The van der Waals surface area contributed by atoms with Gasteiger partial charge in [-0.1, -0.05) is 0 Å². The van der Waals surface area contributed by atoms with E-state index in [1.54, 1.807) is 30.2 Å². The van der Waals surface area contributed by atoms with Gasteiger partial charge in [-0.05, 0) is 19.1 Å². The van der Waals surface area contributed by atoms with Crippen molar-refractivity contribution >= 4 is 11.7 Å². The summed E-state index contributed by atoms with van der Waals surface area (Å²) in [6, 6.07) is 4.54. The number of nitrogens with zero attached hydrogens (tertiary/aromatic N) is 1. The lowest BCUT2D eigenvalue weighted by Crippen LogP contribution is -3.14. The molecule has 1 amide bonds. The Bertz CT molecular complexity index is 785. The standard InChI is InChI=1S/C20H26N2O6/c1-13(23)17-18(15-5-4-14(26-2)12-16(15)27-3)22(20(25)19(17)24)7-6-21-8-10-28-11-9-21/h4-5,12,18,24H,6-11H2,1-3H3/p+1. The van der Waals surface area contributed by atoms with Crippen LogP contribution in [-0.4, -0.2) is 75.3 Å². The minimum atomic E-state index is -0.689. The molecule has 8 nitrogen and oxygen atoms in total. The van der Waals surface area contributed by atoms with Crippen molar-refractivity contribution in [2.75, 3.05) is 53.6 Å². The van der Waals surface area contributed by atoms with Crippen molar-refractivity contribution in [1.29, 1.82) is 0 Å². The number of hydrogen-bond donors (Lipinski definition) is 2. The lowest BCUT2D eigenvalue weighted by Gasteiger charge is -2.30. The first kappa shape index (κ1) is 20.2. The Morgan fingerprint density at radius 1 is 1.29 bits per heavy atom. The Balaban J connectivity index is 1.94. The van der Waals surface area contributed by atoms with Crippen molar-refractivity contribution in [2.45, 2.75) is 13.0 Å². The second-order valence-corrected chi connectivity index (χ2v) is 6.94. The highest BCUT2D eigenvalue weighted by Crippen LogP contribution is 2.42. The van der Waals surface area contributed by atoms with Crippen molar-refractivity contribution < 1.29 is 33.8 Å². The van der Waals surface area contributed by atoms with Crippen LogP contribution in [0.5, 0.6) is 11.5 Å². The SMILES string of the molecule is COc1ccc(C2C(C(C)=O)=C(O)C(=O)N2CC[NH+]2CCOCC2)c(OC)c1. The van der Waals surface area contributed by atoms with Crippen molar-refractivity contribution in [1.82, 2.24) is 4.90 Å². The van der Waals surface area contributed by atoms with E-state index in [9.17, 15) is 14.7 Å². The van der Waals surface area contributed by atoms with Crippen molar-refractivity contribution in [3.8, 4) is 11.5 Å². The average Bonchev–Trinajstić information content (AvgIpc) is 2.97. The zero-order valence-electron chi connectivity index (χ0n) is 16.5. The first-order valence-electron chi connectivity index (χ1n) is 9.36. The van der Waals surface area contributed by atoms with E-state index in [2.05, 4.69) is 0 Å². The largest absolute Gasteiger partial charge is 0.503 e. The third-order valence-corrected chi connectivity index (χ3v) is 5.32. The monoisotopic (exact) mass is 391 g/mol. The number of carbonyl (C=O) groups excluding carboxylic acids is 2. The number of ether oxygens (including phenoxy) is 3. The fourth-order valence-electron chi connectivity index (χ4n) is 3.80. The lowest BCUT2D eigenvalue weighted by molar-refractivity contribution is -0.907. The topological polar surface area (TPSA) is 89.7 Å². The van der Waals surface area contributed by atoms with E-state index in [0.29, 0.717) is 43.4 Å². The van der Waals surface area contributed by atoms with Crippen molar-refractivity contribution in [3.63, 3.8) is 0 Å². The summed E-state index contributed by atoms with van der Waals surface area (Å²) in [6.45, 7) is 5.62. The molecule has 0 radical (unpaired) electrons. The highest BCUT2D eigenvalue weighted by molar-refractivity contribution is 6.08. The number of methoxy groups -OCH3 is 2. The van der Waals surface area contributed by atoms with Crippen molar-refractivity contribution in [2.24, 2.45) is 0 Å². The number of Topliss-reactive ketones (excluding diaryl/α,β-unsaturated/α-hetero) is 1. The van der Waals surface area contributed by atoms with Gasteiger partial charge in [-0.2, -0.15) is 0 Å². The summed E-state index contributed by atoms with van der Waals surface area (Å²) in [5.74, 6) is -0.246. The Morgan fingerprint density at radius 2 is 2.00 bits per heavy atom. The fraction of sp³-hybridized carbons (Fsp3) is 0.500. The van der Waals surface area contributed by atoms with Crippen LogP contribution in [0, 0.1) is 0 Å². The minimum absolute atomic E-state index is 0.102. The van der Waals surface area contributed by atoms with Crippen LogP contribution in [-0.2, 0) is 14.3 Å². The number of ketones is 1. The van der Waals surface area contributed by atoms with Gasteiger partial charge in [0.05, 0.1) is 52.1 Å². The second-order valence-electron chi connectivity index (χ2n) is 6.94. The third-order valence-electron chi connectivity index (χ3n) is 5.32. The van der Waals surface area contributed by atoms with Gasteiger partial charge in [0.2, 0.25) is 0 Å². The molecule has 2 N–H and O–H groups in total. The van der Waals surface area contributed by atoms with Crippen LogP contribution in [0.4, 0.5) is 0 Å². The maximum Gasteiger partial charge on any atom is 0.290 e. The number of aliphatic hydroxyl groups is 1. The molecular formula is C20H27N2O6+. The summed E-state index contributed by atoms with van der Waals surface area (Å²) in [4.78, 5) is 27.9. The molecule has 2 aliphatic rings. The van der Waals surface area contributed by atoms with Gasteiger partial charge in [0.1, 0.15) is 24.6 Å². The van der Waals surface area contributed by atoms with Gasteiger partial charge < -0.3 is 29.1 Å². The van der Waals surface area contributed by atoms with Gasteiger partial charge in [-0.15, -0.1) is 0 Å². The summed E-state index contributed by atoms with van der Waals surface area (Å²) < 4.78 is 16.1.